The second kappa shape index (κ2) is 14.8. The molecule has 3 fully saturated rings. The van der Waals surface area contributed by atoms with E-state index in [4.69, 9.17) is 16.3 Å². The summed E-state index contributed by atoms with van der Waals surface area (Å²) < 4.78 is 4.71. The summed E-state index contributed by atoms with van der Waals surface area (Å²) in [4.78, 5) is 49.4. The summed E-state index contributed by atoms with van der Waals surface area (Å²) in [5.74, 6) is -1.63. The van der Waals surface area contributed by atoms with Crippen LogP contribution >= 0.6 is 39.3 Å². The number of rotatable bonds is 14. The first-order chi connectivity index (χ1) is 22.6. The van der Waals surface area contributed by atoms with E-state index in [1.54, 1.807) is 56.8 Å². The molecule has 252 valence electrons. The molecule has 1 spiro atoms. The van der Waals surface area contributed by atoms with Crippen LogP contribution in [0, 0.1) is 17.8 Å². The predicted octanol–water partition coefficient (Wildman–Crippen LogP) is 6.35. The molecule has 2 bridgehead atoms. The van der Waals surface area contributed by atoms with Crippen molar-refractivity contribution >= 4 is 68.4 Å². The van der Waals surface area contributed by atoms with Crippen molar-refractivity contribution < 1.29 is 24.2 Å². The molecule has 3 saturated heterocycles. The van der Waals surface area contributed by atoms with Crippen molar-refractivity contribution in [2.75, 3.05) is 36.1 Å². The Morgan fingerprint density at radius 3 is 2.38 bits per heavy atom. The van der Waals surface area contributed by atoms with Gasteiger partial charge in [0.1, 0.15) is 11.8 Å². The summed E-state index contributed by atoms with van der Waals surface area (Å²) in [6.07, 6.45) is 4.52. The number of alkyl halides is 1. The van der Waals surface area contributed by atoms with Crippen molar-refractivity contribution in [3.8, 4) is 5.75 Å². The largest absolute Gasteiger partial charge is 0.494 e. The Bertz CT molecular complexity index is 1510. The highest BCUT2D eigenvalue weighted by atomic mass is 79.9. The molecule has 8 nitrogen and oxygen atoms in total. The summed E-state index contributed by atoms with van der Waals surface area (Å²) in [6.45, 7) is 14.3. The second-order valence-corrected chi connectivity index (χ2v) is 15.5. The van der Waals surface area contributed by atoms with Gasteiger partial charge in [-0.1, -0.05) is 72.1 Å². The van der Waals surface area contributed by atoms with Crippen LogP contribution in [0.1, 0.15) is 33.6 Å². The minimum absolute atomic E-state index is 0.0973. The highest BCUT2D eigenvalue weighted by molar-refractivity contribution is 9.09. The Morgan fingerprint density at radius 2 is 1.79 bits per heavy atom. The van der Waals surface area contributed by atoms with E-state index in [1.807, 2.05) is 51.1 Å². The summed E-state index contributed by atoms with van der Waals surface area (Å²) in [5.41, 5.74) is 1.19. The number of amides is 3. The van der Waals surface area contributed by atoms with E-state index in [0.29, 0.717) is 41.6 Å². The molecule has 3 aliphatic rings. The third-order valence-corrected chi connectivity index (χ3v) is 13.4. The molecule has 47 heavy (non-hydrogen) atoms. The number of likely N-dealkylation sites (tertiary alicyclic amines) is 1. The van der Waals surface area contributed by atoms with Gasteiger partial charge in [0.15, 0.2) is 0 Å². The SMILES string of the molecule is C=CCN(C(=O)[C@H]1[C@H]2C(=O)N([C@@H](CO)[C@@H](C)CC)C(C(=O)N(CC=C)c3ccccc3Cl)C23CC(Br)[C@@H]1S3)c1ccc(OCC)cc1. The smallest absolute Gasteiger partial charge is 0.251 e. The number of ether oxygens (including phenoxy) is 1. The van der Waals surface area contributed by atoms with Gasteiger partial charge in [-0.05, 0) is 55.7 Å². The van der Waals surface area contributed by atoms with Gasteiger partial charge in [0.2, 0.25) is 11.8 Å². The van der Waals surface area contributed by atoms with Crippen LogP contribution in [0.15, 0.2) is 73.8 Å². The lowest BCUT2D eigenvalue weighted by atomic mass is 9.70. The molecule has 0 saturated carbocycles. The van der Waals surface area contributed by atoms with Gasteiger partial charge in [0, 0.05) is 28.9 Å². The zero-order valence-electron chi connectivity index (χ0n) is 27.1. The average Bonchev–Trinajstić information content (AvgIpc) is 3.66. The first-order valence-corrected chi connectivity index (χ1v) is 18.3. The van der Waals surface area contributed by atoms with Crippen LogP contribution in [0.4, 0.5) is 11.4 Å². The van der Waals surface area contributed by atoms with Crippen LogP contribution in [0.25, 0.3) is 0 Å². The maximum atomic E-state index is 15.0. The lowest BCUT2D eigenvalue weighted by Crippen LogP contribution is -2.59. The van der Waals surface area contributed by atoms with Crippen molar-refractivity contribution in [1.82, 2.24) is 4.90 Å². The lowest BCUT2D eigenvalue weighted by molar-refractivity contribution is -0.143. The number of hydrogen-bond acceptors (Lipinski definition) is 6. The Labute approximate surface area is 295 Å². The quantitative estimate of drug-likeness (QED) is 0.179. The maximum absolute atomic E-state index is 15.0. The molecule has 2 aromatic carbocycles. The Hall–Kier alpha value is -2.79. The van der Waals surface area contributed by atoms with Crippen molar-refractivity contribution in [1.29, 1.82) is 0 Å². The van der Waals surface area contributed by atoms with Crippen LogP contribution < -0.4 is 14.5 Å². The molecule has 3 aliphatic heterocycles. The van der Waals surface area contributed by atoms with Gasteiger partial charge < -0.3 is 24.5 Å². The molecule has 2 aromatic rings. The first-order valence-electron chi connectivity index (χ1n) is 16.2. The number of benzene rings is 2. The topological polar surface area (TPSA) is 90.4 Å². The third kappa shape index (κ3) is 6.15. The molecule has 0 radical (unpaired) electrons. The van der Waals surface area contributed by atoms with Crippen molar-refractivity contribution in [3.63, 3.8) is 0 Å². The van der Waals surface area contributed by atoms with E-state index in [1.165, 1.54) is 0 Å². The van der Waals surface area contributed by atoms with Crippen LogP contribution in [-0.2, 0) is 14.4 Å². The summed E-state index contributed by atoms with van der Waals surface area (Å²) in [6, 6.07) is 12.9. The van der Waals surface area contributed by atoms with Gasteiger partial charge in [-0.25, -0.2) is 0 Å². The maximum Gasteiger partial charge on any atom is 0.251 e. The molecular formula is C36H43BrClN3O5S. The molecule has 5 rings (SSSR count). The fourth-order valence-corrected chi connectivity index (χ4v) is 11.4. The van der Waals surface area contributed by atoms with Gasteiger partial charge in [0.05, 0.1) is 46.5 Å². The first kappa shape index (κ1) is 35.5. The molecule has 0 aliphatic carbocycles. The molecule has 3 amide bonds. The Kier molecular flexibility index (Phi) is 11.2. The molecule has 11 heteroatoms. The number of thioether (sulfide) groups is 1. The number of halogens is 2. The van der Waals surface area contributed by atoms with Crippen molar-refractivity contribution in [2.45, 2.75) is 60.5 Å². The van der Waals surface area contributed by atoms with Gasteiger partial charge in [-0.3, -0.25) is 14.4 Å². The zero-order chi connectivity index (χ0) is 34.0. The molecule has 8 atom stereocenters. The second-order valence-electron chi connectivity index (χ2n) is 12.4. The van der Waals surface area contributed by atoms with E-state index >= 15 is 4.79 Å². The normalized spacial score (nSPS) is 27.2. The molecule has 1 N–H and O–H groups in total. The standard InChI is InChI=1S/C36H43BrClN3O5S/c1-6-18-39(23-14-16-24(17-15-23)46-9-4)33(43)29-30-34(44)41(28(21-42)22(5)8-3)32(36(30)20-25(37)31(29)47-36)35(45)40(19-7-2)27-13-11-10-12-26(27)38/h6-7,10-17,22,25,28-32,42H,1-2,8-9,18-21H2,3-5H3/t22-,25?,28-,29-,30-,31-,32?,36?/m0/s1. The fraction of sp³-hybridized carbons (Fsp3) is 0.472. The minimum atomic E-state index is -0.937. The molecule has 0 aromatic heterocycles. The zero-order valence-corrected chi connectivity index (χ0v) is 30.2. The number of carbonyl (C=O) groups excluding carboxylic acids is 3. The van der Waals surface area contributed by atoms with Crippen LogP contribution in [0.2, 0.25) is 5.02 Å². The average molecular weight is 745 g/mol. The number of fused-ring (bicyclic) bond motifs is 1. The number of para-hydroxylation sites is 1. The van der Waals surface area contributed by atoms with Gasteiger partial charge in [-0.15, -0.1) is 24.9 Å². The van der Waals surface area contributed by atoms with Crippen LogP contribution in [-0.4, -0.2) is 80.9 Å². The van der Waals surface area contributed by atoms with Gasteiger partial charge >= 0.3 is 0 Å². The minimum Gasteiger partial charge on any atom is -0.494 e. The fourth-order valence-electron chi connectivity index (χ4n) is 7.58. The van der Waals surface area contributed by atoms with Gasteiger partial charge in [0.25, 0.3) is 5.91 Å². The number of anilines is 2. The van der Waals surface area contributed by atoms with Crippen LogP contribution in [0.5, 0.6) is 5.75 Å². The van der Waals surface area contributed by atoms with Crippen LogP contribution in [0.3, 0.4) is 0 Å². The number of aliphatic hydroxyl groups is 1. The molecule has 3 heterocycles. The summed E-state index contributed by atoms with van der Waals surface area (Å²) in [5, 5.41) is 10.9. The Morgan fingerprint density at radius 1 is 1.13 bits per heavy atom. The number of carbonyl (C=O) groups is 3. The number of aliphatic hydroxyl groups excluding tert-OH is 1. The molecular weight excluding hydrogens is 702 g/mol. The molecule has 3 unspecified atom stereocenters. The number of hydrogen-bond donors (Lipinski definition) is 1. The van der Waals surface area contributed by atoms with Gasteiger partial charge in [-0.2, -0.15) is 0 Å². The predicted molar refractivity (Wildman–Crippen MR) is 194 cm³/mol. The highest BCUT2D eigenvalue weighted by Gasteiger charge is 2.76. The van der Waals surface area contributed by atoms with Crippen molar-refractivity contribution in [2.24, 2.45) is 17.8 Å². The summed E-state index contributed by atoms with van der Waals surface area (Å²) >= 11 is 12.1. The van der Waals surface area contributed by atoms with E-state index in [9.17, 15) is 14.7 Å². The number of nitrogens with zero attached hydrogens (tertiary/aromatic N) is 3. The van der Waals surface area contributed by atoms with E-state index in [2.05, 4.69) is 29.1 Å². The lowest BCUT2D eigenvalue weighted by Gasteiger charge is -2.41. The Balaban J connectivity index is 1.63. The van der Waals surface area contributed by atoms with E-state index in [0.717, 1.165) is 0 Å². The monoisotopic (exact) mass is 743 g/mol. The van der Waals surface area contributed by atoms with E-state index < -0.39 is 28.7 Å². The van der Waals surface area contributed by atoms with E-state index in [-0.39, 0.29) is 53.4 Å². The van der Waals surface area contributed by atoms with Crippen molar-refractivity contribution in [3.05, 3.63) is 78.9 Å². The third-order valence-electron chi connectivity index (χ3n) is 9.85. The summed E-state index contributed by atoms with van der Waals surface area (Å²) in [7, 11) is 0. The highest BCUT2D eigenvalue weighted by Crippen LogP contribution is 2.68.